The monoisotopic (exact) mass is 327 g/mol. The first-order chi connectivity index (χ1) is 10.5. The number of likely N-dealkylation sites (N-methyl/N-ethyl adjacent to an activating group) is 1. The zero-order chi connectivity index (χ0) is 16.1. The van der Waals surface area contributed by atoms with Gasteiger partial charge in [0.05, 0.1) is 12.2 Å². The van der Waals surface area contributed by atoms with E-state index in [4.69, 9.17) is 11.6 Å². The van der Waals surface area contributed by atoms with Gasteiger partial charge in [0.2, 0.25) is 5.91 Å². The van der Waals surface area contributed by atoms with Crippen LogP contribution in [0.25, 0.3) is 0 Å². The molecule has 0 spiro atoms. The van der Waals surface area contributed by atoms with E-state index in [1.807, 2.05) is 14.0 Å². The summed E-state index contributed by atoms with van der Waals surface area (Å²) < 4.78 is 1.75. The first kappa shape index (κ1) is 17.2. The van der Waals surface area contributed by atoms with E-state index in [9.17, 15) is 4.79 Å². The Bertz CT molecular complexity index is 508. The number of hydrogen-bond acceptors (Lipinski definition) is 4. The van der Waals surface area contributed by atoms with Gasteiger partial charge in [-0.15, -0.1) is 0 Å². The molecule has 1 fully saturated rings. The molecule has 0 aromatic carbocycles. The minimum absolute atomic E-state index is 0.111. The second-order valence-corrected chi connectivity index (χ2v) is 6.06. The van der Waals surface area contributed by atoms with Gasteiger partial charge in [-0.1, -0.05) is 18.5 Å². The summed E-state index contributed by atoms with van der Waals surface area (Å²) in [5.74, 6) is 0.111. The Kier molecular flexibility index (Phi) is 6.23. The largest absolute Gasteiger partial charge is 0.355 e. The van der Waals surface area contributed by atoms with Crippen LogP contribution in [0.4, 0.5) is 0 Å². The lowest BCUT2D eigenvalue weighted by Crippen LogP contribution is -2.49. The second-order valence-electron chi connectivity index (χ2n) is 5.70. The van der Waals surface area contributed by atoms with Crippen molar-refractivity contribution in [2.45, 2.75) is 26.8 Å². The molecule has 2 heterocycles. The average molecular weight is 328 g/mol. The molecule has 1 aliphatic heterocycles. The van der Waals surface area contributed by atoms with Gasteiger partial charge in [0, 0.05) is 51.9 Å². The maximum absolute atomic E-state index is 11.6. The van der Waals surface area contributed by atoms with E-state index >= 15 is 0 Å². The van der Waals surface area contributed by atoms with E-state index in [0.717, 1.165) is 55.6 Å². The van der Waals surface area contributed by atoms with Crippen molar-refractivity contribution in [1.29, 1.82) is 0 Å². The number of aromatic nitrogens is 2. The van der Waals surface area contributed by atoms with Gasteiger partial charge >= 0.3 is 0 Å². The van der Waals surface area contributed by atoms with Crippen molar-refractivity contribution >= 4 is 17.5 Å². The number of piperazine rings is 1. The van der Waals surface area contributed by atoms with Crippen molar-refractivity contribution in [2.75, 3.05) is 39.3 Å². The maximum Gasteiger partial charge on any atom is 0.234 e. The molecule has 1 aromatic heterocycles. The summed E-state index contributed by atoms with van der Waals surface area (Å²) >= 11 is 6.35. The van der Waals surface area contributed by atoms with Crippen LogP contribution < -0.4 is 5.32 Å². The molecule has 1 amide bonds. The van der Waals surface area contributed by atoms with Gasteiger partial charge in [0.25, 0.3) is 0 Å². The quantitative estimate of drug-likeness (QED) is 0.843. The van der Waals surface area contributed by atoms with E-state index in [0.29, 0.717) is 13.1 Å². The van der Waals surface area contributed by atoms with Crippen molar-refractivity contribution in [3.8, 4) is 0 Å². The summed E-state index contributed by atoms with van der Waals surface area (Å²) in [6.45, 7) is 9.80. The summed E-state index contributed by atoms with van der Waals surface area (Å²) in [6.07, 6.45) is 0.896. The molecule has 124 valence electrons. The number of nitrogens with one attached hydrogen (secondary N) is 1. The molecule has 1 aliphatic rings. The van der Waals surface area contributed by atoms with Gasteiger partial charge in [-0.05, 0) is 13.3 Å². The van der Waals surface area contributed by atoms with Crippen LogP contribution in [0, 0.1) is 0 Å². The fraction of sp³-hybridized carbons (Fsp3) is 0.733. The van der Waals surface area contributed by atoms with Gasteiger partial charge in [0.1, 0.15) is 5.15 Å². The van der Waals surface area contributed by atoms with Crippen molar-refractivity contribution in [2.24, 2.45) is 7.05 Å². The summed E-state index contributed by atoms with van der Waals surface area (Å²) in [5.41, 5.74) is 2.22. The van der Waals surface area contributed by atoms with E-state index in [-0.39, 0.29) is 5.91 Å². The van der Waals surface area contributed by atoms with Crippen LogP contribution in [0.3, 0.4) is 0 Å². The number of carbonyl (C=O) groups is 1. The average Bonchev–Trinajstić information content (AvgIpc) is 2.77. The predicted molar refractivity (Wildman–Crippen MR) is 88.0 cm³/mol. The number of rotatable bonds is 6. The highest BCUT2D eigenvalue weighted by molar-refractivity contribution is 6.30. The lowest BCUT2D eigenvalue weighted by atomic mass is 10.2. The van der Waals surface area contributed by atoms with Crippen molar-refractivity contribution in [3.63, 3.8) is 0 Å². The molecular formula is C15H26ClN5O. The fourth-order valence-corrected chi connectivity index (χ4v) is 3.03. The lowest BCUT2D eigenvalue weighted by Gasteiger charge is -2.34. The topological polar surface area (TPSA) is 53.4 Å². The van der Waals surface area contributed by atoms with Crippen LogP contribution in [0.1, 0.15) is 25.1 Å². The Morgan fingerprint density at radius 2 is 1.86 bits per heavy atom. The fourth-order valence-electron chi connectivity index (χ4n) is 2.83. The Morgan fingerprint density at radius 1 is 1.23 bits per heavy atom. The third kappa shape index (κ3) is 4.21. The van der Waals surface area contributed by atoms with E-state index in [1.54, 1.807) is 4.68 Å². The third-order valence-corrected chi connectivity index (χ3v) is 4.55. The first-order valence-corrected chi connectivity index (χ1v) is 8.34. The van der Waals surface area contributed by atoms with Gasteiger partial charge < -0.3 is 5.32 Å². The van der Waals surface area contributed by atoms with Crippen LogP contribution in [0.15, 0.2) is 0 Å². The predicted octanol–water partition coefficient (Wildman–Crippen LogP) is 0.890. The Hall–Kier alpha value is -1.11. The first-order valence-electron chi connectivity index (χ1n) is 7.96. The highest BCUT2D eigenvalue weighted by Crippen LogP contribution is 2.22. The molecule has 1 N–H and O–H groups in total. The molecule has 2 rings (SSSR count). The zero-order valence-corrected chi connectivity index (χ0v) is 14.5. The molecule has 0 saturated carbocycles. The van der Waals surface area contributed by atoms with E-state index in [1.165, 1.54) is 0 Å². The van der Waals surface area contributed by atoms with Crippen molar-refractivity contribution < 1.29 is 4.79 Å². The molecule has 6 nitrogen and oxygen atoms in total. The van der Waals surface area contributed by atoms with E-state index < -0.39 is 0 Å². The number of carbonyl (C=O) groups excluding carboxylic acids is 1. The molecule has 1 aromatic rings. The molecule has 0 unspecified atom stereocenters. The molecule has 0 bridgehead atoms. The second kappa shape index (κ2) is 7.94. The molecule has 7 heteroatoms. The Morgan fingerprint density at radius 3 is 2.45 bits per heavy atom. The summed E-state index contributed by atoms with van der Waals surface area (Å²) in [5, 5.41) is 8.05. The van der Waals surface area contributed by atoms with Crippen LogP contribution in [-0.4, -0.2) is 64.8 Å². The highest BCUT2D eigenvalue weighted by Gasteiger charge is 2.22. The standard InChI is InChI=1S/C15H26ClN5O/c1-4-13-12(15(16)19(3)18-13)10-20-6-8-21(9-7-20)11-14(22)17-5-2/h4-11H2,1-3H3,(H,17,22). The number of hydrogen-bond donors (Lipinski definition) is 1. The van der Waals surface area contributed by atoms with Gasteiger partial charge in [-0.3, -0.25) is 19.3 Å². The Balaban J connectivity index is 1.86. The molecule has 0 aliphatic carbocycles. The van der Waals surface area contributed by atoms with Crippen LogP contribution in [0.5, 0.6) is 0 Å². The molecule has 1 saturated heterocycles. The number of nitrogens with zero attached hydrogens (tertiary/aromatic N) is 4. The highest BCUT2D eigenvalue weighted by atomic mass is 35.5. The smallest absolute Gasteiger partial charge is 0.234 e. The lowest BCUT2D eigenvalue weighted by molar-refractivity contribution is -0.122. The molecular weight excluding hydrogens is 302 g/mol. The van der Waals surface area contributed by atoms with Gasteiger partial charge in [0.15, 0.2) is 0 Å². The van der Waals surface area contributed by atoms with Gasteiger partial charge in [-0.2, -0.15) is 5.10 Å². The SMILES string of the molecule is CCNC(=O)CN1CCN(Cc2c(CC)nn(C)c2Cl)CC1. The Labute approximate surface area is 137 Å². The van der Waals surface area contributed by atoms with E-state index in [2.05, 4.69) is 27.1 Å². The number of halogens is 1. The molecule has 0 atom stereocenters. The minimum Gasteiger partial charge on any atom is -0.355 e. The third-order valence-electron chi connectivity index (χ3n) is 4.07. The normalized spacial score (nSPS) is 16.9. The molecule has 22 heavy (non-hydrogen) atoms. The maximum atomic E-state index is 11.6. The van der Waals surface area contributed by atoms with Crippen molar-refractivity contribution in [1.82, 2.24) is 24.9 Å². The number of aryl methyl sites for hydroxylation is 2. The summed E-state index contributed by atoms with van der Waals surface area (Å²) in [6, 6.07) is 0. The minimum atomic E-state index is 0.111. The van der Waals surface area contributed by atoms with Crippen LogP contribution in [-0.2, 0) is 24.8 Å². The summed E-state index contributed by atoms with van der Waals surface area (Å²) in [4.78, 5) is 16.2. The zero-order valence-electron chi connectivity index (χ0n) is 13.7. The molecule has 0 radical (unpaired) electrons. The van der Waals surface area contributed by atoms with Gasteiger partial charge in [-0.25, -0.2) is 0 Å². The van der Waals surface area contributed by atoms with Crippen LogP contribution in [0.2, 0.25) is 5.15 Å². The van der Waals surface area contributed by atoms with Crippen molar-refractivity contribution in [3.05, 3.63) is 16.4 Å². The summed E-state index contributed by atoms with van der Waals surface area (Å²) in [7, 11) is 1.88. The van der Waals surface area contributed by atoms with Crippen LogP contribution >= 0.6 is 11.6 Å². The number of amides is 1.